The predicted octanol–water partition coefficient (Wildman–Crippen LogP) is 2.70. The smallest absolute Gasteiger partial charge is 0.228 e. The summed E-state index contributed by atoms with van der Waals surface area (Å²) in [5.41, 5.74) is 2.65. The lowest BCUT2D eigenvalue weighted by Crippen LogP contribution is -2.28. The zero-order chi connectivity index (χ0) is 16.9. The van der Waals surface area contributed by atoms with E-state index in [0.717, 1.165) is 28.6 Å². The Morgan fingerprint density at radius 3 is 2.75 bits per heavy atom. The minimum Gasteiger partial charge on any atom is -0.325 e. The molecule has 24 heavy (non-hydrogen) atoms. The van der Waals surface area contributed by atoms with Crippen LogP contribution in [0.5, 0.6) is 0 Å². The number of carbonyl (C=O) groups excluding carboxylic acids is 1. The van der Waals surface area contributed by atoms with Crippen LogP contribution in [0.1, 0.15) is 24.8 Å². The van der Waals surface area contributed by atoms with Crippen LogP contribution < -0.4 is 5.32 Å². The minimum atomic E-state index is -2.90. The Balaban J connectivity index is 1.53. The second-order valence-electron chi connectivity index (χ2n) is 7.09. The number of aromatic nitrogens is 1. The van der Waals surface area contributed by atoms with E-state index in [9.17, 15) is 13.2 Å². The maximum Gasteiger partial charge on any atom is 0.228 e. The predicted molar refractivity (Wildman–Crippen MR) is 93.5 cm³/mol. The Bertz CT molecular complexity index is 922. The van der Waals surface area contributed by atoms with Crippen LogP contribution in [0.2, 0.25) is 0 Å². The van der Waals surface area contributed by atoms with Crippen molar-refractivity contribution in [2.75, 3.05) is 16.8 Å². The fourth-order valence-electron chi connectivity index (χ4n) is 3.86. The molecule has 2 aromatic rings. The van der Waals surface area contributed by atoms with Crippen molar-refractivity contribution in [2.45, 2.75) is 26.2 Å². The first kappa shape index (κ1) is 15.6. The highest BCUT2D eigenvalue weighted by molar-refractivity contribution is 7.91. The van der Waals surface area contributed by atoms with Gasteiger partial charge in [0.15, 0.2) is 0 Å². The van der Waals surface area contributed by atoms with Crippen molar-refractivity contribution in [2.24, 2.45) is 11.3 Å². The van der Waals surface area contributed by atoms with Crippen LogP contribution in [0.15, 0.2) is 30.5 Å². The van der Waals surface area contributed by atoms with Gasteiger partial charge >= 0.3 is 0 Å². The molecule has 0 bridgehead atoms. The molecule has 2 fully saturated rings. The summed E-state index contributed by atoms with van der Waals surface area (Å²) in [6.07, 6.45) is 3.78. The van der Waals surface area contributed by atoms with Crippen molar-refractivity contribution >= 4 is 32.3 Å². The average molecular weight is 344 g/mol. The Kier molecular flexibility index (Phi) is 3.42. The lowest BCUT2D eigenvalue weighted by Gasteiger charge is -2.22. The third-order valence-electron chi connectivity index (χ3n) is 5.56. The summed E-state index contributed by atoms with van der Waals surface area (Å²) in [6.45, 7) is 2.00. The van der Waals surface area contributed by atoms with Gasteiger partial charge in [-0.3, -0.25) is 9.78 Å². The molecular weight excluding hydrogens is 324 g/mol. The molecule has 1 saturated carbocycles. The summed E-state index contributed by atoms with van der Waals surface area (Å²) in [7, 11) is -2.90. The molecule has 2 aliphatic rings. The maximum atomic E-state index is 12.7. The highest BCUT2D eigenvalue weighted by Gasteiger charge is 2.59. The molecule has 2 heterocycles. The molecule has 1 spiro atoms. The first-order chi connectivity index (χ1) is 11.4. The van der Waals surface area contributed by atoms with E-state index < -0.39 is 9.84 Å². The number of carbonyl (C=O) groups is 1. The quantitative estimate of drug-likeness (QED) is 0.909. The van der Waals surface area contributed by atoms with Crippen LogP contribution in [0, 0.1) is 18.3 Å². The zero-order valence-corrected chi connectivity index (χ0v) is 14.4. The Morgan fingerprint density at radius 2 is 2.00 bits per heavy atom. The molecule has 1 aliphatic heterocycles. The van der Waals surface area contributed by atoms with E-state index in [1.54, 1.807) is 6.20 Å². The molecule has 126 valence electrons. The molecule has 0 radical (unpaired) electrons. The largest absolute Gasteiger partial charge is 0.325 e. The Labute approximate surface area is 141 Å². The molecule has 1 aromatic heterocycles. The van der Waals surface area contributed by atoms with Gasteiger partial charge in [-0.2, -0.15) is 0 Å². The molecule has 6 heteroatoms. The first-order valence-electron chi connectivity index (χ1n) is 8.26. The van der Waals surface area contributed by atoms with Gasteiger partial charge in [-0.1, -0.05) is 6.07 Å². The van der Waals surface area contributed by atoms with E-state index in [2.05, 4.69) is 10.3 Å². The van der Waals surface area contributed by atoms with Crippen molar-refractivity contribution in [3.05, 3.63) is 36.0 Å². The van der Waals surface area contributed by atoms with Crippen molar-refractivity contribution in [3.8, 4) is 0 Å². The topological polar surface area (TPSA) is 76.1 Å². The van der Waals surface area contributed by atoms with E-state index in [1.807, 2.05) is 31.2 Å². The SMILES string of the molecule is Cc1ccc(NC(=O)[C@@H]2CC23CCS(=O)(=O)CC3)c2cccnc12. The minimum absolute atomic E-state index is 0.00306. The van der Waals surface area contributed by atoms with Gasteiger partial charge in [-0.05, 0) is 55.4 Å². The molecule has 1 aromatic carbocycles. The third kappa shape index (κ3) is 2.59. The second-order valence-corrected chi connectivity index (χ2v) is 9.39. The van der Waals surface area contributed by atoms with Crippen LogP contribution in [0.25, 0.3) is 10.9 Å². The van der Waals surface area contributed by atoms with Crippen molar-refractivity contribution in [1.29, 1.82) is 0 Å². The van der Waals surface area contributed by atoms with Gasteiger partial charge in [0.05, 0.1) is 22.7 Å². The van der Waals surface area contributed by atoms with Crippen molar-refractivity contribution in [3.63, 3.8) is 0 Å². The number of hydrogen-bond donors (Lipinski definition) is 1. The molecule has 5 nitrogen and oxygen atoms in total. The fraction of sp³-hybridized carbons (Fsp3) is 0.444. The number of sulfone groups is 1. The molecular formula is C18H20N2O3S. The number of benzene rings is 1. The summed E-state index contributed by atoms with van der Waals surface area (Å²) >= 11 is 0. The van der Waals surface area contributed by atoms with E-state index >= 15 is 0 Å². The monoisotopic (exact) mass is 344 g/mol. The summed E-state index contributed by atoms with van der Waals surface area (Å²) in [4.78, 5) is 17.0. The van der Waals surface area contributed by atoms with Gasteiger partial charge in [-0.25, -0.2) is 8.42 Å². The van der Waals surface area contributed by atoms with E-state index in [1.165, 1.54) is 0 Å². The molecule has 1 aliphatic carbocycles. The van der Waals surface area contributed by atoms with Crippen LogP contribution in [0.4, 0.5) is 5.69 Å². The van der Waals surface area contributed by atoms with Crippen molar-refractivity contribution in [1.82, 2.24) is 4.98 Å². The lowest BCUT2D eigenvalue weighted by molar-refractivity contribution is -0.118. The number of nitrogens with zero attached hydrogens (tertiary/aromatic N) is 1. The number of amides is 1. The normalized spacial score (nSPS) is 24.0. The van der Waals surface area contributed by atoms with Crippen LogP contribution in [-0.2, 0) is 14.6 Å². The van der Waals surface area contributed by atoms with Gasteiger partial charge in [0.1, 0.15) is 9.84 Å². The molecule has 1 atom stereocenters. The number of aryl methyl sites for hydroxylation is 1. The van der Waals surface area contributed by atoms with E-state index in [0.29, 0.717) is 12.8 Å². The van der Waals surface area contributed by atoms with Gasteiger partial charge in [0, 0.05) is 17.5 Å². The number of hydrogen-bond acceptors (Lipinski definition) is 4. The number of fused-ring (bicyclic) bond motifs is 1. The number of rotatable bonds is 2. The van der Waals surface area contributed by atoms with Crippen LogP contribution in [-0.4, -0.2) is 30.8 Å². The zero-order valence-electron chi connectivity index (χ0n) is 13.6. The van der Waals surface area contributed by atoms with Crippen LogP contribution in [0.3, 0.4) is 0 Å². The fourth-order valence-corrected chi connectivity index (χ4v) is 5.50. The van der Waals surface area contributed by atoms with Crippen LogP contribution >= 0.6 is 0 Å². The standard InChI is InChI=1S/C18H20N2O3S/c1-12-4-5-15(13-3-2-8-19-16(12)13)20-17(21)14-11-18(14)6-9-24(22,23)10-7-18/h2-5,8,14H,6-7,9-11H2,1H3,(H,20,21)/t14-/m0/s1. The van der Waals surface area contributed by atoms with E-state index in [-0.39, 0.29) is 28.7 Å². The molecule has 1 saturated heterocycles. The molecule has 1 amide bonds. The summed E-state index contributed by atoms with van der Waals surface area (Å²) in [5.74, 6) is 0.367. The summed E-state index contributed by atoms with van der Waals surface area (Å²) in [5, 5.41) is 3.97. The summed E-state index contributed by atoms with van der Waals surface area (Å²) < 4.78 is 23.2. The van der Waals surface area contributed by atoms with Gasteiger partial charge in [-0.15, -0.1) is 0 Å². The maximum absolute atomic E-state index is 12.7. The number of nitrogens with one attached hydrogen (secondary N) is 1. The summed E-state index contributed by atoms with van der Waals surface area (Å²) in [6, 6.07) is 7.70. The lowest BCUT2D eigenvalue weighted by atomic mass is 9.96. The van der Waals surface area contributed by atoms with Gasteiger partial charge < -0.3 is 5.32 Å². The third-order valence-corrected chi connectivity index (χ3v) is 7.21. The Morgan fingerprint density at radius 1 is 1.25 bits per heavy atom. The molecule has 0 unspecified atom stereocenters. The second kappa shape index (κ2) is 5.28. The number of anilines is 1. The van der Waals surface area contributed by atoms with Gasteiger partial charge in [0.25, 0.3) is 0 Å². The number of pyridine rings is 1. The first-order valence-corrected chi connectivity index (χ1v) is 10.1. The molecule has 4 rings (SSSR count). The highest BCUT2D eigenvalue weighted by Crippen LogP contribution is 2.60. The van der Waals surface area contributed by atoms with Crippen molar-refractivity contribution < 1.29 is 13.2 Å². The van der Waals surface area contributed by atoms with Gasteiger partial charge in [0.2, 0.25) is 5.91 Å². The average Bonchev–Trinajstić information content (AvgIpc) is 3.28. The Hall–Kier alpha value is -1.95. The highest BCUT2D eigenvalue weighted by atomic mass is 32.2. The van der Waals surface area contributed by atoms with E-state index in [4.69, 9.17) is 0 Å². The molecule has 1 N–H and O–H groups in total.